The van der Waals surface area contributed by atoms with Gasteiger partial charge in [-0.15, -0.1) is 0 Å². The molecule has 0 saturated carbocycles. The number of nitrogens with one attached hydrogen (secondary N) is 1. The van der Waals surface area contributed by atoms with Crippen molar-refractivity contribution in [3.8, 4) is 5.75 Å². The minimum atomic E-state index is 0.234. The van der Waals surface area contributed by atoms with E-state index in [9.17, 15) is 0 Å². The van der Waals surface area contributed by atoms with Crippen molar-refractivity contribution >= 4 is 0 Å². The van der Waals surface area contributed by atoms with Gasteiger partial charge in [-0.2, -0.15) is 0 Å². The molecule has 120 valence electrons. The number of pyridine rings is 1. The number of aromatic nitrogens is 1. The van der Waals surface area contributed by atoms with Crippen LogP contribution in [0.3, 0.4) is 0 Å². The van der Waals surface area contributed by atoms with E-state index in [-0.39, 0.29) is 6.61 Å². The van der Waals surface area contributed by atoms with Gasteiger partial charge in [-0.1, -0.05) is 24.3 Å². The largest absolute Gasteiger partial charge is 0.489 e. The first kappa shape index (κ1) is 15.7. The summed E-state index contributed by atoms with van der Waals surface area (Å²) in [5, 5.41) is 12.6. The zero-order valence-corrected chi connectivity index (χ0v) is 13.1. The molecule has 0 amide bonds. The highest BCUT2D eigenvalue weighted by molar-refractivity contribution is 5.27. The Balaban J connectivity index is 1.45. The first-order chi connectivity index (χ1) is 11.3. The van der Waals surface area contributed by atoms with Crippen LogP contribution in [0.2, 0.25) is 0 Å². The van der Waals surface area contributed by atoms with Crippen molar-refractivity contribution in [2.75, 3.05) is 6.61 Å². The molecule has 1 heterocycles. The van der Waals surface area contributed by atoms with Crippen LogP contribution in [0.4, 0.5) is 0 Å². The van der Waals surface area contributed by atoms with Gasteiger partial charge in [-0.05, 0) is 41.8 Å². The molecular formula is C19H22N2O2. The van der Waals surface area contributed by atoms with Gasteiger partial charge in [0.25, 0.3) is 0 Å². The van der Waals surface area contributed by atoms with Crippen molar-refractivity contribution in [3.05, 3.63) is 72.1 Å². The highest BCUT2D eigenvalue weighted by Gasteiger charge is 2.17. The number of rotatable bonds is 7. The van der Waals surface area contributed by atoms with E-state index < -0.39 is 0 Å². The molecule has 2 aromatic rings. The average molecular weight is 310 g/mol. The van der Waals surface area contributed by atoms with E-state index in [4.69, 9.17) is 9.84 Å². The predicted molar refractivity (Wildman–Crippen MR) is 90.0 cm³/mol. The van der Waals surface area contributed by atoms with Crippen molar-refractivity contribution < 1.29 is 9.84 Å². The molecule has 1 aromatic heterocycles. The maximum Gasteiger partial charge on any atom is 0.119 e. The van der Waals surface area contributed by atoms with Crippen molar-refractivity contribution in [2.45, 2.75) is 25.6 Å². The lowest BCUT2D eigenvalue weighted by Gasteiger charge is -2.13. The summed E-state index contributed by atoms with van der Waals surface area (Å²) in [5.74, 6) is 1.17. The van der Waals surface area contributed by atoms with Gasteiger partial charge in [-0.3, -0.25) is 4.98 Å². The molecule has 0 fully saturated rings. The third-order valence-electron chi connectivity index (χ3n) is 4.05. The van der Waals surface area contributed by atoms with Gasteiger partial charge in [0.15, 0.2) is 0 Å². The number of nitrogens with zero attached hydrogens (tertiary/aromatic N) is 1. The smallest absolute Gasteiger partial charge is 0.119 e. The second kappa shape index (κ2) is 7.90. The molecule has 2 atom stereocenters. The molecule has 4 nitrogen and oxygen atoms in total. The van der Waals surface area contributed by atoms with Gasteiger partial charge in [0, 0.05) is 37.5 Å². The number of hydrogen-bond acceptors (Lipinski definition) is 4. The summed E-state index contributed by atoms with van der Waals surface area (Å²) in [6.07, 6.45) is 8.75. The Labute approximate surface area is 136 Å². The van der Waals surface area contributed by atoms with Crippen molar-refractivity contribution in [1.29, 1.82) is 0 Å². The molecule has 4 heteroatoms. The van der Waals surface area contributed by atoms with Crippen LogP contribution in [0.25, 0.3) is 0 Å². The molecule has 1 aromatic carbocycles. The Hall–Kier alpha value is -2.17. The molecule has 1 aliphatic carbocycles. The Morgan fingerprint density at radius 1 is 1.04 bits per heavy atom. The Kier molecular flexibility index (Phi) is 5.40. The molecule has 0 bridgehead atoms. The number of aliphatic hydroxyl groups is 1. The quantitative estimate of drug-likeness (QED) is 0.772. The van der Waals surface area contributed by atoms with Crippen molar-refractivity contribution in [1.82, 2.24) is 10.3 Å². The van der Waals surface area contributed by atoms with E-state index in [2.05, 4.69) is 34.6 Å². The molecule has 0 radical (unpaired) electrons. The Morgan fingerprint density at radius 3 is 2.52 bits per heavy atom. The van der Waals surface area contributed by atoms with Gasteiger partial charge in [-0.25, -0.2) is 0 Å². The fraction of sp³-hybridized carbons (Fsp3) is 0.316. The average Bonchev–Trinajstić information content (AvgIpc) is 3.08. The second-order valence-electron chi connectivity index (χ2n) is 5.84. The van der Waals surface area contributed by atoms with Crippen LogP contribution in [-0.2, 0) is 13.2 Å². The van der Waals surface area contributed by atoms with E-state index in [1.54, 1.807) is 12.4 Å². The summed E-state index contributed by atoms with van der Waals surface area (Å²) in [6.45, 7) is 1.60. The molecule has 0 unspecified atom stereocenters. The van der Waals surface area contributed by atoms with E-state index in [1.807, 2.05) is 24.3 Å². The minimum absolute atomic E-state index is 0.234. The van der Waals surface area contributed by atoms with Crippen LogP contribution in [0.1, 0.15) is 17.5 Å². The van der Waals surface area contributed by atoms with E-state index >= 15 is 0 Å². The number of benzene rings is 1. The Bertz CT molecular complexity index is 626. The van der Waals surface area contributed by atoms with Crippen LogP contribution >= 0.6 is 0 Å². The van der Waals surface area contributed by atoms with Crippen LogP contribution in [0.5, 0.6) is 5.75 Å². The third kappa shape index (κ3) is 4.65. The zero-order chi connectivity index (χ0) is 15.9. The summed E-state index contributed by atoms with van der Waals surface area (Å²) in [4.78, 5) is 3.99. The van der Waals surface area contributed by atoms with Gasteiger partial charge in [0.2, 0.25) is 0 Å². The molecule has 3 rings (SSSR count). The normalized spacial score (nSPS) is 19.9. The highest BCUT2D eigenvalue weighted by Crippen LogP contribution is 2.18. The fourth-order valence-corrected chi connectivity index (χ4v) is 2.66. The fourth-order valence-electron chi connectivity index (χ4n) is 2.66. The molecule has 0 spiro atoms. The summed E-state index contributed by atoms with van der Waals surface area (Å²) >= 11 is 0. The maximum atomic E-state index is 9.14. The summed E-state index contributed by atoms with van der Waals surface area (Å²) in [7, 11) is 0. The number of aliphatic hydroxyl groups excluding tert-OH is 1. The highest BCUT2D eigenvalue weighted by atomic mass is 16.5. The van der Waals surface area contributed by atoms with E-state index in [0.29, 0.717) is 18.6 Å². The topological polar surface area (TPSA) is 54.4 Å². The monoisotopic (exact) mass is 310 g/mol. The van der Waals surface area contributed by atoms with Crippen LogP contribution in [-0.4, -0.2) is 22.7 Å². The molecule has 0 saturated heterocycles. The van der Waals surface area contributed by atoms with Crippen LogP contribution in [0.15, 0.2) is 60.9 Å². The predicted octanol–water partition coefficient (Wildman–Crippen LogP) is 2.69. The molecule has 2 N–H and O–H groups in total. The molecule has 23 heavy (non-hydrogen) atoms. The lowest BCUT2D eigenvalue weighted by molar-refractivity contribution is 0.246. The lowest BCUT2D eigenvalue weighted by Crippen LogP contribution is -2.26. The summed E-state index contributed by atoms with van der Waals surface area (Å²) in [6, 6.07) is 12.4. The Morgan fingerprint density at radius 2 is 1.83 bits per heavy atom. The van der Waals surface area contributed by atoms with E-state index in [1.165, 1.54) is 5.56 Å². The van der Waals surface area contributed by atoms with Crippen LogP contribution in [0, 0.1) is 5.92 Å². The molecular weight excluding hydrogens is 288 g/mol. The standard InChI is InChI=1S/C19H22N2O2/c22-13-17-1-4-18(11-17)21-12-15-2-5-19(6-3-15)23-14-16-7-9-20-10-8-16/h1-10,17-18,21-22H,11-14H2/t17-,18+/m0/s1. The van der Waals surface area contributed by atoms with Gasteiger partial charge < -0.3 is 15.2 Å². The second-order valence-corrected chi connectivity index (χ2v) is 5.84. The van der Waals surface area contributed by atoms with Crippen molar-refractivity contribution in [2.24, 2.45) is 5.92 Å². The van der Waals surface area contributed by atoms with E-state index in [0.717, 1.165) is 24.3 Å². The van der Waals surface area contributed by atoms with Gasteiger partial charge >= 0.3 is 0 Å². The SMILES string of the molecule is OC[C@H]1C=C[C@@H](NCc2ccc(OCc3ccncc3)cc2)C1. The summed E-state index contributed by atoms with van der Waals surface area (Å²) < 4.78 is 5.77. The number of hydrogen-bond donors (Lipinski definition) is 2. The van der Waals surface area contributed by atoms with Crippen molar-refractivity contribution in [3.63, 3.8) is 0 Å². The van der Waals surface area contributed by atoms with Gasteiger partial charge in [0.1, 0.15) is 12.4 Å². The zero-order valence-electron chi connectivity index (χ0n) is 13.1. The number of ether oxygens (including phenoxy) is 1. The van der Waals surface area contributed by atoms with Crippen LogP contribution < -0.4 is 10.1 Å². The first-order valence-corrected chi connectivity index (χ1v) is 7.96. The summed E-state index contributed by atoms with van der Waals surface area (Å²) in [5.41, 5.74) is 2.33. The lowest BCUT2D eigenvalue weighted by atomic mass is 10.1. The third-order valence-corrected chi connectivity index (χ3v) is 4.05. The minimum Gasteiger partial charge on any atom is -0.489 e. The molecule has 0 aliphatic heterocycles. The first-order valence-electron chi connectivity index (χ1n) is 7.96. The maximum absolute atomic E-state index is 9.14. The van der Waals surface area contributed by atoms with Gasteiger partial charge in [0.05, 0.1) is 0 Å². The molecule has 1 aliphatic rings.